The third-order valence-electron chi connectivity index (χ3n) is 1.58. The van der Waals surface area contributed by atoms with Gasteiger partial charge in [0.05, 0.1) is 12.3 Å². The summed E-state index contributed by atoms with van der Waals surface area (Å²) in [6.07, 6.45) is 1.41. The van der Waals surface area contributed by atoms with Crippen LogP contribution in [0, 0.1) is 0 Å². The molecule has 2 N–H and O–H groups in total. The molecular weight excluding hydrogens is 254 g/mol. The van der Waals surface area contributed by atoms with Gasteiger partial charge in [0, 0.05) is 19.9 Å². The molecule has 0 amide bonds. The summed E-state index contributed by atoms with van der Waals surface area (Å²) in [4.78, 5) is 3.74. The molecule has 1 heterocycles. The number of ether oxygens (including phenoxy) is 1. The predicted octanol–water partition coefficient (Wildman–Crippen LogP) is 0.628. The molecule has 0 unspecified atom stereocenters. The van der Waals surface area contributed by atoms with Gasteiger partial charge in [-0.2, -0.15) is 13.1 Å². The summed E-state index contributed by atoms with van der Waals surface area (Å²) < 4.78 is 32.2. The summed E-state index contributed by atoms with van der Waals surface area (Å²) >= 11 is 5.61. The molecule has 0 radical (unpaired) electrons. The Hall–Kier alpha value is -0.890. The first-order chi connectivity index (χ1) is 7.53. The van der Waals surface area contributed by atoms with E-state index in [9.17, 15) is 8.42 Å². The van der Waals surface area contributed by atoms with E-state index in [4.69, 9.17) is 16.3 Å². The molecular formula is C8H12ClN3O3S. The molecule has 1 aromatic rings. The van der Waals surface area contributed by atoms with E-state index < -0.39 is 10.2 Å². The van der Waals surface area contributed by atoms with E-state index in [0.717, 1.165) is 0 Å². The highest BCUT2D eigenvalue weighted by Gasteiger charge is 2.08. The molecule has 0 spiro atoms. The zero-order chi connectivity index (χ0) is 12.0. The summed E-state index contributed by atoms with van der Waals surface area (Å²) in [5, 5.41) is 0.220. The Kier molecular flexibility index (Phi) is 4.94. The van der Waals surface area contributed by atoms with Gasteiger partial charge in [0.1, 0.15) is 5.15 Å². The van der Waals surface area contributed by atoms with Gasteiger partial charge in [-0.1, -0.05) is 11.6 Å². The SMILES string of the molecule is COCCNS(=O)(=O)Nc1ccnc(Cl)c1. The molecule has 0 fully saturated rings. The van der Waals surface area contributed by atoms with Crippen molar-refractivity contribution >= 4 is 27.5 Å². The lowest BCUT2D eigenvalue weighted by Crippen LogP contribution is -2.32. The molecule has 90 valence electrons. The van der Waals surface area contributed by atoms with Crippen LogP contribution in [0.25, 0.3) is 0 Å². The van der Waals surface area contributed by atoms with E-state index in [1.807, 2.05) is 0 Å². The molecule has 0 saturated heterocycles. The van der Waals surface area contributed by atoms with Crippen LogP contribution in [0.15, 0.2) is 18.3 Å². The van der Waals surface area contributed by atoms with Crippen LogP contribution in [0.2, 0.25) is 5.15 Å². The van der Waals surface area contributed by atoms with E-state index in [1.165, 1.54) is 25.4 Å². The fraction of sp³-hybridized carbons (Fsp3) is 0.375. The topological polar surface area (TPSA) is 80.3 Å². The summed E-state index contributed by atoms with van der Waals surface area (Å²) in [6, 6.07) is 2.92. The Labute approximate surface area is 99.2 Å². The Balaban J connectivity index is 2.59. The molecule has 1 aromatic heterocycles. The molecule has 0 aliphatic carbocycles. The van der Waals surface area contributed by atoms with Crippen LogP contribution in [0.4, 0.5) is 5.69 Å². The minimum Gasteiger partial charge on any atom is -0.383 e. The van der Waals surface area contributed by atoms with Crippen molar-refractivity contribution in [3.63, 3.8) is 0 Å². The van der Waals surface area contributed by atoms with Gasteiger partial charge in [0.2, 0.25) is 0 Å². The fourth-order valence-electron chi connectivity index (χ4n) is 0.935. The molecule has 0 aliphatic heterocycles. The van der Waals surface area contributed by atoms with Gasteiger partial charge < -0.3 is 4.74 Å². The van der Waals surface area contributed by atoms with Crippen LogP contribution in [0.5, 0.6) is 0 Å². The zero-order valence-electron chi connectivity index (χ0n) is 8.60. The Morgan fingerprint density at radius 3 is 2.94 bits per heavy atom. The van der Waals surface area contributed by atoms with Gasteiger partial charge in [0.25, 0.3) is 10.2 Å². The first-order valence-corrected chi connectivity index (χ1v) is 6.27. The second kappa shape index (κ2) is 6.00. The highest BCUT2D eigenvalue weighted by molar-refractivity contribution is 7.90. The van der Waals surface area contributed by atoms with Crippen LogP contribution in [-0.4, -0.2) is 33.7 Å². The maximum atomic E-state index is 11.4. The highest BCUT2D eigenvalue weighted by Crippen LogP contribution is 2.12. The molecule has 16 heavy (non-hydrogen) atoms. The monoisotopic (exact) mass is 265 g/mol. The summed E-state index contributed by atoms with van der Waals surface area (Å²) in [5.41, 5.74) is 0.352. The number of nitrogens with one attached hydrogen (secondary N) is 2. The van der Waals surface area contributed by atoms with Crippen molar-refractivity contribution in [2.24, 2.45) is 0 Å². The number of hydrogen-bond donors (Lipinski definition) is 2. The maximum absolute atomic E-state index is 11.4. The highest BCUT2D eigenvalue weighted by atomic mass is 35.5. The van der Waals surface area contributed by atoms with Crippen molar-refractivity contribution in [3.8, 4) is 0 Å². The summed E-state index contributed by atoms with van der Waals surface area (Å²) in [6.45, 7) is 0.503. The van der Waals surface area contributed by atoms with Crippen molar-refractivity contribution < 1.29 is 13.2 Å². The van der Waals surface area contributed by atoms with E-state index in [-0.39, 0.29) is 11.7 Å². The third kappa shape index (κ3) is 4.75. The molecule has 6 nitrogen and oxygen atoms in total. The number of halogens is 1. The molecule has 8 heteroatoms. The minimum atomic E-state index is -3.59. The van der Waals surface area contributed by atoms with Gasteiger partial charge in [-0.15, -0.1) is 0 Å². The van der Waals surface area contributed by atoms with Crippen LogP contribution < -0.4 is 9.44 Å². The lowest BCUT2D eigenvalue weighted by Gasteiger charge is -2.08. The predicted molar refractivity (Wildman–Crippen MR) is 61.7 cm³/mol. The number of aromatic nitrogens is 1. The zero-order valence-corrected chi connectivity index (χ0v) is 10.2. The average Bonchev–Trinajstić information content (AvgIpc) is 2.17. The van der Waals surface area contributed by atoms with E-state index in [0.29, 0.717) is 12.3 Å². The van der Waals surface area contributed by atoms with Gasteiger partial charge in [-0.05, 0) is 12.1 Å². The number of nitrogens with zero attached hydrogens (tertiary/aromatic N) is 1. The van der Waals surface area contributed by atoms with Crippen molar-refractivity contribution in [1.29, 1.82) is 0 Å². The molecule has 0 aliphatic rings. The maximum Gasteiger partial charge on any atom is 0.299 e. The standard InChI is InChI=1S/C8H12ClN3O3S/c1-15-5-4-11-16(13,14)12-7-2-3-10-8(9)6-7/h2-3,6,11H,4-5H2,1H3,(H,10,12). The Morgan fingerprint density at radius 1 is 1.56 bits per heavy atom. The van der Waals surface area contributed by atoms with Crippen LogP contribution >= 0.6 is 11.6 Å². The van der Waals surface area contributed by atoms with E-state index >= 15 is 0 Å². The lowest BCUT2D eigenvalue weighted by atomic mass is 10.4. The molecule has 0 aromatic carbocycles. The van der Waals surface area contributed by atoms with Gasteiger partial charge in [-0.3, -0.25) is 4.72 Å². The van der Waals surface area contributed by atoms with Crippen LogP contribution in [-0.2, 0) is 14.9 Å². The second-order valence-electron chi connectivity index (χ2n) is 2.86. The average molecular weight is 266 g/mol. The van der Waals surface area contributed by atoms with Crippen LogP contribution in [0.3, 0.4) is 0 Å². The first kappa shape index (κ1) is 13.2. The number of hydrogen-bond acceptors (Lipinski definition) is 4. The van der Waals surface area contributed by atoms with Gasteiger partial charge in [0.15, 0.2) is 0 Å². The third-order valence-corrected chi connectivity index (χ3v) is 2.87. The van der Waals surface area contributed by atoms with E-state index in [1.54, 1.807) is 0 Å². The second-order valence-corrected chi connectivity index (χ2v) is 4.75. The summed E-state index contributed by atoms with van der Waals surface area (Å²) in [7, 11) is -2.10. The molecule has 1 rings (SSSR count). The first-order valence-electron chi connectivity index (χ1n) is 4.41. The van der Waals surface area contributed by atoms with Crippen molar-refractivity contribution in [3.05, 3.63) is 23.5 Å². The minimum absolute atomic E-state index is 0.199. The largest absolute Gasteiger partial charge is 0.383 e. The van der Waals surface area contributed by atoms with Crippen molar-refractivity contribution in [1.82, 2.24) is 9.71 Å². The summed E-state index contributed by atoms with van der Waals surface area (Å²) in [5.74, 6) is 0. The van der Waals surface area contributed by atoms with Crippen molar-refractivity contribution in [2.75, 3.05) is 25.0 Å². The Morgan fingerprint density at radius 2 is 2.31 bits per heavy atom. The number of anilines is 1. The lowest BCUT2D eigenvalue weighted by molar-refractivity contribution is 0.204. The van der Waals surface area contributed by atoms with Gasteiger partial charge >= 0.3 is 0 Å². The molecule has 0 bridgehead atoms. The normalized spacial score (nSPS) is 11.4. The van der Waals surface area contributed by atoms with Gasteiger partial charge in [-0.25, -0.2) is 4.98 Å². The molecule has 0 atom stereocenters. The van der Waals surface area contributed by atoms with Crippen molar-refractivity contribution in [2.45, 2.75) is 0 Å². The number of methoxy groups -OCH3 is 1. The number of pyridine rings is 1. The Bertz CT molecular complexity index is 438. The number of rotatable bonds is 6. The van der Waals surface area contributed by atoms with Crippen LogP contribution in [0.1, 0.15) is 0 Å². The quantitative estimate of drug-likeness (QED) is 0.584. The fourth-order valence-corrected chi connectivity index (χ4v) is 1.97. The molecule has 0 saturated carbocycles. The smallest absolute Gasteiger partial charge is 0.299 e. The van der Waals surface area contributed by atoms with E-state index in [2.05, 4.69) is 14.4 Å².